The van der Waals surface area contributed by atoms with Gasteiger partial charge in [-0.15, -0.1) is 0 Å². The zero-order chi connectivity index (χ0) is 28.6. The lowest BCUT2D eigenvalue weighted by Gasteiger charge is -2.45. The van der Waals surface area contributed by atoms with Gasteiger partial charge >= 0.3 is 0 Å². The van der Waals surface area contributed by atoms with Crippen LogP contribution < -0.4 is 0 Å². The third-order valence-electron chi connectivity index (χ3n) is 7.74. The Labute approximate surface area is 233 Å². The lowest BCUT2D eigenvalue weighted by Crippen LogP contribution is -2.64. The maximum atomic E-state index is 10.6. The van der Waals surface area contributed by atoms with Gasteiger partial charge in [0, 0.05) is 6.61 Å². The molecule has 0 aromatic heterocycles. The average molecular weight is 567 g/mol. The van der Waals surface area contributed by atoms with Crippen molar-refractivity contribution in [3.05, 3.63) is 0 Å². The Hall–Kier alpha value is -0.440. The second-order valence-corrected chi connectivity index (χ2v) is 11.0. The van der Waals surface area contributed by atoms with E-state index in [9.17, 15) is 35.7 Å². The smallest absolute Gasteiger partial charge is 0.187 e. The Balaban J connectivity index is 1.62. The highest BCUT2D eigenvalue weighted by Gasteiger charge is 2.50. The van der Waals surface area contributed by atoms with Crippen molar-refractivity contribution < 1.29 is 54.7 Å². The van der Waals surface area contributed by atoms with Crippen LogP contribution >= 0.6 is 0 Å². The molecule has 2 aliphatic heterocycles. The van der Waals surface area contributed by atoms with E-state index in [4.69, 9.17) is 18.9 Å². The van der Waals surface area contributed by atoms with Crippen LogP contribution in [-0.2, 0) is 18.9 Å². The number of aliphatic hydroxyl groups is 7. The topological polar surface area (TPSA) is 179 Å². The molecule has 2 fully saturated rings. The normalized spacial score (nSPS) is 35.4. The summed E-state index contributed by atoms with van der Waals surface area (Å²) in [6.45, 7) is 1.34. The number of unbranched alkanes of at least 4 members (excludes halogenated alkanes) is 13. The van der Waals surface area contributed by atoms with Crippen LogP contribution in [0.4, 0.5) is 0 Å². The van der Waals surface area contributed by atoms with Gasteiger partial charge in [0.15, 0.2) is 12.6 Å². The van der Waals surface area contributed by atoms with E-state index in [1.54, 1.807) is 0 Å². The second kappa shape index (κ2) is 19.6. The standard InChI is InChI=1S/C28H54O11/c1-2-3-4-5-6-7-8-9-10-11-12-13-14-15-16-36-27-25(35)23(33)26(20(18-30)38-27)39-28-24(34)22(32)21(31)19(17-29)37-28/h19-35H,2-18H2,1H3/t19-,20-,21+,22+,23-,24-,25-,26-,27+,28+/m1/s1. The fraction of sp³-hybridized carbons (Fsp3) is 1.00. The summed E-state index contributed by atoms with van der Waals surface area (Å²) in [7, 11) is 0. The molecule has 0 aliphatic carbocycles. The summed E-state index contributed by atoms with van der Waals surface area (Å²) in [5, 5.41) is 70.4. The van der Waals surface area contributed by atoms with Crippen molar-refractivity contribution in [2.45, 2.75) is 158 Å². The fourth-order valence-corrected chi connectivity index (χ4v) is 5.19. The molecular weight excluding hydrogens is 512 g/mol. The summed E-state index contributed by atoms with van der Waals surface area (Å²) in [4.78, 5) is 0. The first-order chi connectivity index (χ1) is 18.8. The van der Waals surface area contributed by atoms with Crippen LogP contribution in [0.3, 0.4) is 0 Å². The minimum atomic E-state index is -1.69. The Morgan fingerprint density at radius 1 is 0.513 bits per heavy atom. The number of ether oxygens (including phenoxy) is 4. The number of hydrogen-bond acceptors (Lipinski definition) is 11. The first-order valence-corrected chi connectivity index (χ1v) is 15.1. The molecule has 2 saturated heterocycles. The number of rotatable bonds is 20. The minimum absolute atomic E-state index is 0.322. The van der Waals surface area contributed by atoms with Crippen molar-refractivity contribution >= 4 is 0 Å². The molecule has 0 saturated carbocycles. The van der Waals surface area contributed by atoms with Crippen molar-refractivity contribution in [1.29, 1.82) is 0 Å². The van der Waals surface area contributed by atoms with E-state index in [-0.39, 0.29) is 0 Å². The summed E-state index contributed by atoms with van der Waals surface area (Å²) in [6, 6.07) is 0. The van der Waals surface area contributed by atoms with Crippen LogP contribution in [0, 0.1) is 0 Å². The Bertz CT molecular complexity index is 608. The van der Waals surface area contributed by atoms with E-state index >= 15 is 0 Å². The average Bonchev–Trinajstić information content (AvgIpc) is 2.94. The Morgan fingerprint density at radius 3 is 1.49 bits per heavy atom. The molecule has 0 unspecified atom stereocenters. The van der Waals surface area contributed by atoms with Crippen LogP contribution in [0.2, 0.25) is 0 Å². The minimum Gasteiger partial charge on any atom is -0.394 e. The van der Waals surface area contributed by atoms with Gasteiger partial charge in [-0.25, -0.2) is 0 Å². The molecule has 2 rings (SSSR count). The number of aliphatic hydroxyl groups excluding tert-OH is 7. The van der Waals surface area contributed by atoms with Gasteiger partial charge in [0.25, 0.3) is 0 Å². The molecule has 11 nitrogen and oxygen atoms in total. The van der Waals surface area contributed by atoms with E-state index in [1.807, 2.05) is 0 Å². The van der Waals surface area contributed by atoms with E-state index < -0.39 is 74.6 Å². The van der Waals surface area contributed by atoms with E-state index in [2.05, 4.69) is 6.92 Å². The molecule has 0 radical (unpaired) electrons. The molecule has 0 amide bonds. The van der Waals surface area contributed by atoms with Crippen molar-refractivity contribution in [1.82, 2.24) is 0 Å². The number of hydrogen-bond donors (Lipinski definition) is 7. The molecular formula is C28H54O11. The molecule has 0 spiro atoms. The molecule has 0 bridgehead atoms. The van der Waals surface area contributed by atoms with Crippen LogP contribution in [0.1, 0.15) is 96.8 Å². The SMILES string of the molecule is CCCCCCCCCCCCCCCCO[C@H]1O[C@H](CO)[C@@H](O[C@@H]2O[C@H](CO)[C@H](O)[C@H](O)[C@H]2O)[C@H](O)[C@H]1O. The maximum absolute atomic E-state index is 10.6. The predicted octanol–water partition coefficient (Wildman–Crippen LogP) is 1.11. The van der Waals surface area contributed by atoms with Crippen LogP contribution in [0.25, 0.3) is 0 Å². The zero-order valence-corrected chi connectivity index (χ0v) is 23.6. The lowest BCUT2D eigenvalue weighted by molar-refractivity contribution is -0.359. The molecule has 0 aromatic carbocycles. The molecule has 11 heteroatoms. The van der Waals surface area contributed by atoms with Gasteiger partial charge in [0.1, 0.15) is 48.8 Å². The molecule has 7 N–H and O–H groups in total. The van der Waals surface area contributed by atoms with Crippen molar-refractivity contribution in [3.8, 4) is 0 Å². The summed E-state index contributed by atoms with van der Waals surface area (Å²) in [5.74, 6) is 0. The lowest BCUT2D eigenvalue weighted by atomic mass is 9.97. The highest BCUT2D eigenvalue weighted by molar-refractivity contribution is 4.94. The van der Waals surface area contributed by atoms with Gasteiger partial charge in [0.2, 0.25) is 0 Å². The van der Waals surface area contributed by atoms with Crippen molar-refractivity contribution in [2.24, 2.45) is 0 Å². The summed E-state index contributed by atoms with van der Waals surface area (Å²) < 4.78 is 22.1. The quantitative estimate of drug-likeness (QED) is 0.105. The van der Waals surface area contributed by atoms with Gasteiger partial charge in [-0.1, -0.05) is 90.4 Å². The molecule has 10 atom stereocenters. The highest BCUT2D eigenvalue weighted by Crippen LogP contribution is 2.29. The summed E-state index contributed by atoms with van der Waals surface area (Å²) >= 11 is 0. The van der Waals surface area contributed by atoms with Gasteiger partial charge in [-0.3, -0.25) is 0 Å². The third-order valence-corrected chi connectivity index (χ3v) is 7.74. The maximum Gasteiger partial charge on any atom is 0.187 e. The Morgan fingerprint density at radius 2 is 0.974 bits per heavy atom. The van der Waals surface area contributed by atoms with Crippen molar-refractivity contribution in [2.75, 3.05) is 19.8 Å². The van der Waals surface area contributed by atoms with E-state index in [1.165, 1.54) is 70.6 Å². The van der Waals surface area contributed by atoms with E-state index in [0.717, 1.165) is 19.3 Å². The monoisotopic (exact) mass is 566 g/mol. The highest BCUT2D eigenvalue weighted by atomic mass is 16.7. The van der Waals surface area contributed by atoms with Crippen LogP contribution in [-0.4, -0.2) is 117 Å². The van der Waals surface area contributed by atoms with Crippen LogP contribution in [0.15, 0.2) is 0 Å². The Kier molecular flexibility index (Phi) is 17.5. The van der Waals surface area contributed by atoms with Crippen molar-refractivity contribution in [3.63, 3.8) is 0 Å². The summed E-state index contributed by atoms with van der Waals surface area (Å²) in [5.41, 5.74) is 0. The third kappa shape index (κ3) is 11.4. The molecule has 2 aliphatic rings. The molecule has 2 heterocycles. The summed E-state index contributed by atoms with van der Waals surface area (Å²) in [6.07, 6.45) is 2.97. The van der Waals surface area contributed by atoms with Gasteiger partial charge in [-0.2, -0.15) is 0 Å². The van der Waals surface area contributed by atoms with Gasteiger partial charge in [-0.05, 0) is 6.42 Å². The largest absolute Gasteiger partial charge is 0.394 e. The van der Waals surface area contributed by atoms with E-state index in [0.29, 0.717) is 6.61 Å². The molecule has 0 aromatic rings. The predicted molar refractivity (Wildman–Crippen MR) is 143 cm³/mol. The molecule has 232 valence electrons. The fourth-order valence-electron chi connectivity index (χ4n) is 5.19. The second-order valence-electron chi connectivity index (χ2n) is 11.0. The first kappa shape index (κ1) is 34.8. The molecule has 39 heavy (non-hydrogen) atoms. The van der Waals surface area contributed by atoms with Gasteiger partial charge < -0.3 is 54.7 Å². The zero-order valence-electron chi connectivity index (χ0n) is 23.6. The van der Waals surface area contributed by atoms with Gasteiger partial charge in [0.05, 0.1) is 13.2 Å². The first-order valence-electron chi connectivity index (χ1n) is 15.1. The van der Waals surface area contributed by atoms with Crippen LogP contribution in [0.5, 0.6) is 0 Å².